The Morgan fingerprint density at radius 1 is 1.29 bits per heavy atom. The summed E-state index contributed by atoms with van der Waals surface area (Å²) in [5.74, 6) is 0.671. The van der Waals surface area contributed by atoms with Gasteiger partial charge in [-0.1, -0.05) is 0 Å². The third kappa shape index (κ3) is 4.99. The van der Waals surface area contributed by atoms with Gasteiger partial charge in [-0.3, -0.25) is 15.0 Å². The Bertz CT molecular complexity index is 453. The number of hydrogen-bond acceptors (Lipinski definition) is 5. The summed E-state index contributed by atoms with van der Waals surface area (Å²) < 4.78 is 11.3. The Labute approximate surface area is 124 Å². The van der Waals surface area contributed by atoms with Crippen molar-refractivity contribution < 1.29 is 14.4 Å². The third-order valence-corrected chi connectivity index (χ3v) is 3.43. The maximum atomic E-state index is 10.5. The van der Waals surface area contributed by atoms with Gasteiger partial charge in [0, 0.05) is 31.8 Å². The molecule has 6 nitrogen and oxygen atoms in total. The zero-order valence-electron chi connectivity index (χ0n) is 12.5. The molecule has 6 heteroatoms. The number of non-ortho nitro benzene ring substituents is 1. The maximum absolute atomic E-state index is 10.5. The van der Waals surface area contributed by atoms with E-state index in [1.807, 2.05) is 0 Å². The quantitative estimate of drug-likeness (QED) is 0.458. The summed E-state index contributed by atoms with van der Waals surface area (Å²) in [6.45, 7) is 7.69. The summed E-state index contributed by atoms with van der Waals surface area (Å²) in [6, 6.07) is 6.19. The Morgan fingerprint density at radius 3 is 2.48 bits per heavy atom. The molecule has 1 fully saturated rings. The predicted molar refractivity (Wildman–Crippen MR) is 79.7 cm³/mol. The molecule has 0 unspecified atom stereocenters. The third-order valence-electron chi connectivity index (χ3n) is 3.43. The molecule has 0 radical (unpaired) electrons. The number of ether oxygens (including phenoxy) is 2. The fourth-order valence-electron chi connectivity index (χ4n) is 2.61. The topological polar surface area (TPSA) is 64.8 Å². The van der Waals surface area contributed by atoms with Gasteiger partial charge in [0.05, 0.1) is 23.7 Å². The molecule has 0 aromatic heterocycles. The van der Waals surface area contributed by atoms with Gasteiger partial charge in [-0.05, 0) is 32.4 Å². The minimum atomic E-state index is -0.412. The van der Waals surface area contributed by atoms with Gasteiger partial charge in [0.25, 0.3) is 5.69 Å². The van der Waals surface area contributed by atoms with E-state index in [0.29, 0.717) is 12.4 Å². The highest BCUT2D eigenvalue weighted by atomic mass is 16.6. The van der Waals surface area contributed by atoms with Gasteiger partial charge in [-0.2, -0.15) is 0 Å². The molecular formula is C15H22N2O4. The van der Waals surface area contributed by atoms with Gasteiger partial charge < -0.3 is 9.47 Å². The zero-order chi connectivity index (χ0) is 15.2. The highest BCUT2D eigenvalue weighted by molar-refractivity contribution is 5.35. The van der Waals surface area contributed by atoms with Crippen LogP contribution < -0.4 is 4.74 Å². The van der Waals surface area contributed by atoms with Crippen LogP contribution in [-0.4, -0.2) is 48.3 Å². The summed E-state index contributed by atoms with van der Waals surface area (Å²) in [4.78, 5) is 12.5. The number of nitrogens with zero attached hydrogens (tertiary/aromatic N) is 2. The molecular weight excluding hydrogens is 272 g/mol. The standard InChI is InChI=1S/C15H22N2O4/c1-12-10-16(11-13(2)21-12)8-3-9-20-15-6-4-14(5-7-15)17(18)19/h4-7,12-13H,3,8-11H2,1-2H3/t12-,13-/m0/s1. The minimum absolute atomic E-state index is 0.0821. The summed E-state index contributed by atoms with van der Waals surface area (Å²) in [5, 5.41) is 10.5. The Morgan fingerprint density at radius 2 is 1.90 bits per heavy atom. The van der Waals surface area contributed by atoms with Gasteiger partial charge in [0.15, 0.2) is 0 Å². The number of nitro benzene ring substituents is 1. The molecule has 2 rings (SSSR count). The maximum Gasteiger partial charge on any atom is 0.269 e. The molecule has 1 saturated heterocycles. The Balaban J connectivity index is 1.68. The highest BCUT2D eigenvalue weighted by Crippen LogP contribution is 2.17. The number of nitro groups is 1. The monoisotopic (exact) mass is 294 g/mol. The van der Waals surface area contributed by atoms with Crippen molar-refractivity contribution in [1.29, 1.82) is 0 Å². The van der Waals surface area contributed by atoms with E-state index < -0.39 is 4.92 Å². The smallest absolute Gasteiger partial charge is 0.269 e. The van der Waals surface area contributed by atoms with Crippen LogP contribution in [0.5, 0.6) is 5.75 Å². The normalized spacial score (nSPS) is 23.0. The van der Waals surface area contributed by atoms with Crippen molar-refractivity contribution >= 4 is 5.69 Å². The van der Waals surface area contributed by atoms with Gasteiger partial charge in [-0.25, -0.2) is 0 Å². The molecule has 0 saturated carbocycles. The first-order valence-corrected chi connectivity index (χ1v) is 7.29. The molecule has 1 aliphatic heterocycles. The van der Waals surface area contributed by atoms with E-state index in [9.17, 15) is 10.1 Å². The molecule has 0 bridgehead atoms. The van der Waals surface area contributed by atoms with Gasteiger partial charge in [0.2, 0.25) is 0 Å². The number of benzene rings is 1. The number of hydrogen-bond donors (Lipinski definition) is 0. The Kier molecular flexibility index (Phi) is 5.52. The van der Waals surface area contributed by atoms with Crippen molar-refractivity contribution in [2.24, 2.45) is 0 Å². The summed E-state index contributed by atoms with van der Waals surface area (Å²) in [5.41, 5.74) is 0.0821. The Hall–Kier alpha value is -1.66. The lowest BCUT2D eigenvalue weighted by molar-refractivity contribution is -0.384. The van der Waals surface area contributed by atoms with Crippen LogP contribution in [0.1, 0.15) is 20.3 Å². The lowest BCUT2D eigenvalue weighted by Gasteiger charge is -2.35. The number of morpholine rings is 1. The second-order valence-electron chi connectivity index (χ2n) is 5.47. The predicted octanol–water partition coefficient (Wildman–Crippen LogP) is 2.47. The molecule has 0 N–H and O–H groups in total. The first-order chi connectivity index (χ1) is 10.0. The second kappa shape index (κ2) is 7.38. The van der Waals surface area contributed by atoms with Crippen molar-refractivity contribution in [3.8, 4) is 5.75 Å². The fourth-order valence-corrected chi connectivity index (χ4v) is 2.61. The van der Waals surface area contributed by atoms with Crippen molar-refractivity contribution in [2.75, 3.05) is 26.2 Å². The molecule has 0 aliphatic carbocycles. The van der Waals surface area contributed by atoms with Crippen LogP contribution in [-0.2, 0) is 4.74 Å². The molecule has 1 aromatic rings. The lowest BCUT2D eigenvalue weighted by Crippen LogP contribution is -2.45. The van der Waals surface area contributed by atoms with E-state index >= 15 is 0 Å². The summed E-state index contributed by atoms with van der Waals surface area (Å²) >= 11 is 0. The molecule has 1 aromatic carbocycles. The SMILES string of the molecule is C[C@H]1CN(CCCOc2ccc([N+](=O)[O-])cc2)C[C@H](C)O1. The largest absolute Gasteiger partial charge is 0.494 e. The fraction of sp³-hybridized carbons (Fsp3) is 0.600. The van der Waals surface area contributed by atoms with Crippen molar-refractivity contribution in [1.82, 2.24) is 4.90 Å². The van der Waals surface area contributed by atoms with E-state index in [0.717, 1.165) is 26.1 Å². The first kappa shape index (κ1) is 15.7. The molecule has 1 aliphatic rings. The average Bonchev–Trinajstić information content (AvgIpc) is 2.43. The van der Waals surface area contributed by atoms with E-state index in [2.05, 4.69) is 18.7 Å². The van der Waals surface area contributed by atoms with E-state index in [4.69, 9.17) is 9.47 Å². The average molecular weight is 294 g/mol. The minimum Gasteiger partial charge on any atom is -0.494 e. The second-order valence-corrected chi connectivity index (χ2v) is 5.47. The molecule has 21 heavy (non-hydrogen) atoms. The number of rotatable bonds is 6. The van der Waals surface area contributed by atoms with Crippen LogP contribution >= 0.6 is 0 Å². The van der Waals surface area contributed by atoms with Crippen LogP contribution in [0.2, 0.25) is 0 Å². The van der Waals surface area contributed by atoms with Crippen LogP contribution in [0.3, 0.4) is 0 Å². The van der Waals surface area contributed by atoms with E-state index in [1.165, 1.54) is 12.1 Å². The molecule has 116 valence electrons. The van der Waals surface area contributed by atoms with Crippen LogP contribution in [0.4, 0.5) is 5.69 Å². The lowest BCUT2D eigenvalue weighted by atomic mass is 10.2. The van der Waals surface area contributed by atoms with Gasteiger partial charge in [0.1, 0.15) is 5.75 Å². The van der Waals surface area contributed by atoms with Crippen molar-refractivity contribution in [3.05, 3.63) is 34.4 Å². The van der Waals surface area contributed by atoms with Crippen LogP contribution in [0.25, 0.3) is 0 Å². The van der Waals surface area contributed by atoms with Crippen LogP contribution in [0, 0.1) is 10.1 Å². The van der Waals surface area contributed by atoms with Gasteiger partial charge >= 0.3 is 0 Å². The van der Waals surface area contributed by atoms with Crippen LogP contribution in [0.15, 0.2) is 24.3 Å². The molecule has 2 atom stereocenters. The first-order valence-electron chi connectivity index (χ1n) is 7.29. The highest BCUT2D eigenvalue weighted by Gasteiger charge is 2.21. The van der Waals surface area contributed by atoms with Crippen molar-refractivity contribution in [3.63, 3.8) is 0 Å². The van der Waals surface area contributed by atoms with Gasteiger partial charge in [-0.15, -0.1) is 0 Å². The molecule has 0 spiro atoms. The van der Waals surface area contributed by atoms with Crippen molar-refractivity contribution in [2.45, 2.75) is 32.5 Å². The molecule has 1 heterocycles. The summed E-state index contributed by atoms with van der Waals surface area (Å²) in [6.07, 6.45) is 1.49. The van der Waals surface area contributed by atoms with E-state index in [-0.39, 0.29) is 17.9 Å². The summed E-state index contributed by atoms with van der Waals surface area (Å²) in [7, 11) is 0. The molecule has 0 amide bonds. The van der Waals surface area contributed by atoms with E-state index in [1.54, 1.807) is 12.1 Å². The zero-order valence-corrected chi connectivity index (χ0v) is 12.5.